The number of rotatable bonds is 3. The van der Waals surface area contributed by atoms with Gasteiger partial charge in [-0.05, 0) is 45.9 Å². The minimum atomic E-state index is 0.205. The lowest BCUT2D eigenvalue weighted by molar-refractivity contribution is 0.112. The molecule has 2 aromatic heterocycles. The van der Waals surface area contributed by atoms with Crippen LogP contribution in [0.2, 0.25) is 0 Å². The Balaban J connectivity index is 0.000000847. The summed E-state index contributed by atoms with van der Waals surface area (Å²) in [5.41, 5.74) is 4.50. The van der Waals surface area contributed by atoms with E-state index in [1.54, 1.807) is 0 Å². The lowest BCUT2D eigenvalue weighted by Gasteiger charge is -2.32. The van der Waals surface area contributed by atoms with E-state index < -0.39 is 0 Å². The van der Waals surface area contributed by atoms with Crippen LogP contribution in [0.15, 0.2) is 18.2 Å². The molecule has 0 spiro atoms. The van der Waals surface area contributed by atoms with Gasteiger partial charge < -0.3 is 15.8 Å². The number of hydrogen-bond donors (Lipinski definition) is 2. The van der Waals surface area contributed by atoms with E-state index in [9.17, 15) is 4.79 Å². The van der Waals surface area contributed by atoms with Gasteiger partial charge in [0.2, 0.25) is 5.88 Å². The number of nitrogens with zero attached hydrogens (tertiary/aromatic N) is 1. The first-order chi connectivity index (χ1) is 10.6. The Morgan fingerprint density at radius 2 is 2.00 bits per heavy atom. The smallest absolute Gasteiger partial charge is 0.214 e. The molecule has 3 N–H and O–H groups in total. The quantitative estimate of drug-likeness (QED) is 0.850. The molecule has 0 amide bonds. The fourth-order valence-electron chi connectivity index (χ4n) is 2.82. The normalized spacial score (nSPS) is 24.5. The molecule has 1 fully saturated rings. The number of aldehydes is 1. The number of carbonyl (C=O) groups excluding carboxylic acids is 1. The maximum atomic E-state index is 10.8. The molecule has 3 heterocycles. The van der Waals surface area contributed by atoms with Crippen LogP contribution in [0, 0.1) is 0 Å². The van der Waals surface area contributed by atoms with Gasteiger partial charge in [0.1, 0.15) is 10.9 Å². The Morgan fingerprint density at radius 3 is 2.64 bits per heavy atom. The van der Waals surface area contributed by atoms with E-state index in [0.29, 0.717) is 22.8 Å². The van der Waals surface area contributed by atoms with Gasteiger partial charge >= 0.3 is 0 Å². The van der Waals surface area contributed by atoms with Crippen LogP contribution in [0.5, 0.6) is 5.88 Å². The molecule has 2 aromatic rings. The number of nitrogens with two attached hydrogens (primary N) is 1. The largest absolute Gasteiger partial charge is 0.474 e. The molecular formula is C16H23N3O2S. The van der Waals surface area contributed by atoms with E-state index in [4.69, 9.17) is 4.74 Å². The summed E-state index contributed by atoms with van der Waals surface area (Å²) >= 11 is 1.40. The highest BCUT2D eigenvalue weighted by Gasteiger charge is 2.24. The third-order valence-electron chi connectivity index (χ3n) is 3.58. The van der Waals surface area contributed by atoms with Gasteiger partial charge in [0.15, 0.2) is 6.29 Å². The summed E-state index contributed by atoms with van der Waals surface area (Å²) in [5, 5.41) is 4.50. The van der Waals surface area contributed by atoms with Crippen molar-refractivity contribution in [2.75, 3.05) is 7.05 Å². The lowest BCUT2D eigenvalue weighted by atomic mass is 9.98. The summed E-state index contributed by atoms with van der Waals surface area (Å²) in [5.74, 6) is 0.656. The minimum Gasteiger partial charge on any atom is -0.474 e. The zero-order valence-corrected chi connectivity index (χ0v) is 14.0. The third kappa shape index (κ3) is 4.03. The second kappa shape index (κ2) is 7.67. The number of pyridine rings is 1. The second-order valence-electron chi connectivity index (χ2n) is 5.49. The highest BCUT2D eigenvalue weighted by molar-refractivity contribution is 7.20. The first-order valence-electron chi connectivity index (χ1n) is 7.50. The number of fused-ring (bicyclic) bond motifs is 1. The van der Waals surface area contributed by atoms with Gasteiger partial charge in [-0.25, -0.2) is 4.98 Å². The zero-order valence-electron chi connectivity index (χ0n) is 13.2. The number of aromatic nitrogens is 1. The van der Waals surface area contributed by atoms with E-state index in [1.807, 2.05) is 18.2 Å². The van der Waals surface area contributed by atoms with E-state index in [0.717, 1.165) is 29.3 Å². The topological polar surface area (TPSA) is 77.2 Å². The van der Waals surface area contributed by atoms with E-state index in [-0.39, 0.29) is 6.10 Å². The summed E-state index contributed by atoms with van der Waals surface area (Å²) in [4.78, 5) is 16.9. The highest BCUT2D eigenvalue weighted by Crippen LogP contribution is 2.26. The van der Waals surface area contributed by atoms with Crippen LogP contribution in [-0.2, 0) is 0 Å². The molecule has 3 rings (SSSR count). The Bertz CT molecular complexity index is 619. The predicted octanol–water partition coefficient (Wildman–Crippen LogP) is 2.59. The maximum absolute atomic E-state index is 10.8. The van der Waals surface area contributed by atoms with Crippen molar-refractivity contribution in [1.29, 1.82) is 0 Å². The molecule has 1 saturated heterocycles. The maximum Gasteiger partial charge on any atom is 0.214 e. The monoisotopic (exact) mass is 321 g/mol. The number of carbonyl (C=O) groups is 1. The standard InChI is InChI=1S/C15H18N2O2S.CH5N/c1-9-5-12(6-10(2)16-9)19-14-4-3-11-7-13(8-18)20-15(11)17-14;1-2/h3-4,7-10,12,16H,5-6H2,1-2H3;2H2,1H3. The molecule has 0 bridgehead atoms. The van der Waals surface area contributed by atoms with Crippen LogP contribution in [-0.4, -0.2) is 36.5 Å². The molecular weight excluding hydrogens is 298 g/mol. The summed E-state index contributed by atoms with van der Waals surface area (Å²) in [6.45, 7) is 4.36. The van der Waals surface area contributed by atoms with Gasteiger partial charge in [0.05, 0.1) is 4.88 Å². The van der Waals surface area contributed by atoms with Gasteiger partial charge in [-0.3, -0.25) is 4.79 Å². The van der Waals surface area contributed by atoms with Crippen molar-refractivity contribution >= 4 is 27.8 Å². The van der Waals surface area contributed by atoms with Gasteiger partial charge in [0.25, 0.3) is 0 Å². The van der Waals surface area contributed by atoms with E-state index in [2.05, 4.69) is 29.9 Å². The molecule has 0 saturated carbocycles. The van der Waals surface area contributed by atoms with Gasteiger partial charge in [-0.1, -0.05) is 0 Å². The summed E-state index contributed by atoms with van der Waals surface area (Å²) < 4.78 is 6.01. The number of piperidine rings is 1. The summed E-state index contributed by atoms with van der Waals surface area (Å²) in [6, 6.07) is 6.65. The van der Waals surface area contributed by atoms with Crippen molar-refractivity contribution < 1.29 is 9.53 Å². The van der Waals surface area contributed by atoms with Crippen molar-refractivity contribution in [2.45, 2.75) is 44.9 Å². The minimum absolute atomic E-state index is 0.205. The SMILES string of the molecule is CC1CC(Oc2ccc3cc(C=O)sc3n2)CC(C)N1.CN. The zero-order chi connectivity index (χ0) is 16.1. The first kappa shape index (κ1) is 16.9. The van der Waals surface area contributed by atoms with Crippen LogP contribution in [0.25, 0.3) is 10.2 Å². The predicted molar refractivity (Wildman–Crippen MR) is 90.8 cm³/mol. The summed E-state index contributed by atoms with van der Waals surface area (Å²) in [7, 11) is 1.50. The van der Waals surface area contributed by atoms with E-state index in [1.165, 1.54) is 18.4 Å². The van der Waals surface area contributed by atoms with Crippen molar-refractivity contribution in [3.05, 3.63) is 23.1 Å². The highest BCUT2D eigenvalue weighted by atomic mass is 32.1. The molecule has 0 radical (unpaired) electrons. The van der Waals surface area contributed by atoms with Crippen molar-refractivity contribution in [1.82, 2.24) is 10.3 Å². The van der Waals surface area contributed by atoms with Gasteiger partial charge in [0, 0.05) is 23.5 Å². The average Bonchev–Trinajstić information content (AvgIpc) is 2.90. The molecule has 0 aliphatic carbocycles. The number of nitrogens with one attached hydrogen (secondary N) is 1. The third-order valence-corrected chi connectivity index (χ3v) is 4.55. The van der Waals surface area contributed by atoms with Crippen LogP contribution < -0.4 is 15.8 Å². The van der Waals surface area contributed by atoms with Crippen LogP contribution in [0.4, 0.5) is 0 Å². The fraction of sp³-hybridized carbons (Fsp3) is 0.500. The molecule has 120 valence electrons. The van der Waals surface area contributed by atoms with Crippen LogP contribution in [0.1, 0.15) is 36.4 Å². The molecule has 6 heteroatoms. The van der Waals surface area contributed by atoms with Crippen molar-refractivity contribution in [3.63, 3.8) is 0 Å². The Morgan fingerprint density at radius 1 is 1.32 bits per heavy atom. The Kier molecular flexibility index (Phi) is 5.88. The Labute approximate surface area is 134 Å². The van der Waals surface area contributed by atoms with Crippen molar-refractivity contribution in [3.8, 4) is 5.88 Å². The molecule has 1 aliphatic rings. The molecule has 5 nitrogen and oxygen atoms in total. The molecule has 2 atom stereocenters. The fourth-order valence-corrected chi connectivity index (χ4v) is 3.66. The number of ether oxygens (including phenoxy) is 1. The van der Waals surface area contributed by atoms with E-state index >= 15 is 0 Å². The first-order valence-corrected chi connectivity index (χ1v) is 8.32. The van der Waals surface area contributed by atoms with Crippen LogP contribution in [0.3, 0.4) is 0 Å². The molecule has 1 aliphatic heterocycles. The van der Waals surface area contributed by atoms with Gasteiger partial charge in [-0.15, -0.1) is 11.3 Å². The summed E-state index contributed by atoms with van der Waals surface area (Å²) in [6.07, 6.45) is 3.06. The second-order valence-corrected chi connectivity index (χ2v) is 6.55. The molecule has 2 unspecified atom stereocenters. The number of thiophene rings is 1. The molecule has 22 heavy (non-hydrogen) atoms. The number of hydrogen-bond acceptors (Lipinski definition) is 6. The van der Waals surface area contributed by atoms with Crippen LogP contribution >= 0.6 is 11.3 Å². The van der Waals surface area contributed by atoms with Crippen molar-refractivity contribution in [2.24, 2.45) is 5.73 Å². The lowest BCUT2D eigenvalue weighted by Crippen LogP contribution is -2.46. The Hall–Kier alpha value is -1.50. The molecule has 0 aromatic carbocycles. The van der Waals surface area contributed by atoms with Gasteiger partial charge in [-0.2, -0.15) is 0 Å². The average molecular weight is 321 g/mol.